The minimum absolute atomic E-state index is 0.133. The normalized spacial score (nSPS) is 16.4. The Balaban J connectivity index is 0.000000423. The molecular weight excluding hydrogens is 417 g/mol. The molecule has 1 aliphatic heterocycles. The Morgan fingerprint density at radius 3 is 2.65 bits per heavy atom. The van der Waals surface area contributed by atoms with E-state index in [1.807, 2.05) is 18.3 Å². The Morgan fingerprint density at radius 1 is 1.35 bits per heavy atom. The van der Waals surface area contributed by atoms with Crippen LogP contribution in [0.4, 0.5) is 13.2 Å². The number of amides is 1. The first-order valence-corrected chi connectivity index (χ1v) is 9.90. The van der Waals surface area contributed by atoms with E-state index in [0.717, 1.165) is 31.8 Å². The van der Waals surface area contributed by atoms with Gasteiger partial charge in [-0.15, -0.1) is 0 Å². The summed E-state index contributed by atoms with van der Waals surface area (Å²) in [6.07, 6.45) is -0.0448. The van der Waals surface area contributed by atoms with Gasteiger partial charge in [0.2, 0.25) is 5.91 Å². The van der Waals surface area contributed by atoms with Crippen molar-refractivity contribution in [3.8, 4) is 0 Å². The SMILES string of the molecule is CC(C)CC(=O)NCCC1CN(Cc2ccco2)Cc2ccnn21.O=C(O)C(F)(F)F. The summed E-state index contributed by atoms with van der Waals surface area (Å²) in [4.78, 5) is 23.1. The number of halogens is 3. The van der Waals surface area contributed by atoms with Crippen LogP contribution in [0.25, 0.3) is 0 Å². The summed E-state index contributed by atoms with van der Waals surface area (Å²) in [5.41, 5.74) is 1.21. The summed E-state index contributed by atoms with van der Waals surface area (Å²) in [6, 6.07) is 6.27. The number of aromatic nitrogens is 2. The maximum absolute atomic E-state index is 11.8. The van der Waals surface area contributed by atoms with Crippen molar-refractivity contribution in [1.29, 1.82) is 0 Å². The molecule has 2 N–H and O–H groups in total. The summed E-state index contributed by atoms with van der Waals surface area (Å²) < 4.78 is 39.3. The molecule has 0 aromatic carbocycles. The van der Waals surface area contributed by atoms with Gasteiger partial charge in [0, 0.05) is 32.3 Å². The van der Waals surface area contributed by atoms with E-state index in [2.05, 4.69) is 39.9 Å². The number of furan rings is 1. The van der Waals surface area contributed by atoms with Crippen LogP contribution in [0, 0.1) is 5.92 Å². The molecule has 0 saturated carbocycles. The first-order chi connectivity index (χ1) is 14.6. The minimum Gasteiger partial charge on any atom is -0.475 e. The fraction of sp³-hybridized carbons (Fsp3) is 0.550. The summed E-state index contributed by atoms with van der Waals surface area (Å²) in [5, 5.41) is 14.6. The quantitative estimate of drug-likeness (QED) is 0.680. The monoisotopic (exact) mass is 444 g/mol. The maximum atomic E-state index is 11.8. The fourth-order valence-corrected chi connectivity index (χ4v) is 3.24. The van der Waals surface area contributed by atoms with Crippen molar-refractivity contribution in [3.63, 3.8) is 0 Å². The Labute approximate surface area is 178 Å². The molecule has 0 aliphatic carbocycles. The lowest BCUT2D eigenvalue weighted by Gasteiger charge is -2.33. The van der Waals surface area contributed by atoms with Crippen LogP contribution < -0.4 is 5.32 Å². The average Bonchev–Trinajstić information content (AvgIpc) is 3.32. The number of aliphatic carboxylic acids is 1. The van der Waals surface area contributed by atoms with E-state index >= 15 is 0 Å². The average molecular weight is 444 g/mol. The summed E-state index contributed by atoms with van der Waals surface area (Å²) in [7, 11) is 0. The molecule has 1 aliphatic rings. The van der Waals surface area contributed by atoms with Gasteiger partial charge in [-0.3, -0.25) is 14.4 Å². The zero-order chi connectivity index (χ0) is 23.0. The number of carbonyl (C=O) groups excluding carboxylic acids is 1. The molecule has 31 heavy (non-hydrogen) atoms. The van der Waals surface area contributed by atoms with Crippen molar-refractivity contribution in [1.82, 2.24) is 20.0 Å². The van der Waals surface area contributed by atoms with Gasteiger partial charge >= 0.3 is 12.1 Å². The fourth-order valence-electron chi connectivity index (χ4n) is 3.24. The molecule has 0 radical (unpaired) electrons. The van der Waals surface area contributed by atoms with Crippen LogP contribution in [-0.2, 0) is 22.7 Å². The molecule has 3 rings (SSSR count). The van der Waals surface area contributed by atoms with E-state index in [9.17, 15) is 18.0 Å². The minimum atomic E-state index is -5.08. The van der Waals surface area contributed by atoms with Crippen LogP contribution in [0.3, 0.4) is 0 Å². The highest BCUT2D eigenvalue weighted by Crippen LogP contribution is 2.24. The summed E-state index contributed by atoms with van der Waals surface area (Å²) >= 11 is 0. The molecule has 1 amide bonds. The van der Waals surface area contributed by atoms with Crippen LogP contribution in [0.5, 0.6) is 0 Å². The van der Waals surface area contributed by atoms with Gasteiger partial charge in [0.05, 0.1) is 24.5 Å². The van der Waals surface area contributed by atoms with Crippen molar-refractivity contribution in [2.45, 2.75) is 52.0 Å². The second-order valence-electron chi connectivity index (χ2n) is 7.71. The number of fused-ring (bicyclic) bond motifs is 1. The van der Waals surface area contributed by atoms with E-state index in [1.165, 1.54) is 5.69 Å². The van der Waals surface area contributed by atoms with E-state index in [1.54, 1.807) is 6.26 Å². The third-order valence-electron chi connectivity index (χ3n) is 4.55. The number of carbonyl (C=O) groups is 2. The van der Waals surface area contributed by atoms with Gasteiger partial charge < -0.3 is 14.8 Å². The molecule has 0 spiro atoms. The van der Waals surface area contributed by atoms with Crippen LogP contribution in [0.2, 0.25) is 0 Å². The Bertz CT molecular complexity index is 834. The number of hydrogen-bond acceptors (Lipinski definition) is 5. The maximum Gasteiger partial charge on any atom is 0.490 e. The molecule has 172 valence electrons. The van der Waals surface area contributed by atoms with Crippen LogP contribution in [0.15, 0.2) is 35.1 Å². The van der Waals surface area contributed by atoms with Crippen LogP contribution in [0.1, 0.15) is 44.2 Å². The van der Waals surface area contributed by atoms with Crippen LogP contribution in [-0.4, -0.2) is 50.9 Å². The van der Waals surface area contributed by atoms with E-state index < -0.39 is 12.1 Å². The highest BCUT2D eigenvalue weighted by Gasteiger charge is 2.38. The number of rotatable bonds is 7. The highest BCUT2D eigenvalue weighted by atomic mass is 19.4. The first-order valence-electron chi connectivity index (χ1n) is 9.90. The third-order valence-corrected chi connectivity index (χ3v) is 4.55. The molecule has 2 aromatic rings. The topological polar surface area (TPSA) is 101 Å². The molecular formula is C20H27F3N4O4. The number of hydrogen-bond donors (Lipinski definition) is 2. The molecule has 2 aromatic heterocycles. The molecule has 11 heteroatoms. The Morgan fingerprint density at radius 2 is 2.06 bits per heavy atom. The van der Waals surface area contributed by atoms with Crippen molar-refractivity contribution < 1.29 is 32.3 Å². The van der Waals surface area contributed by atoms with Crippen molar-refractivity contribution in [2.24, 2.45) is 5.92 Å². The highest BCUT2D eigenvalue weighted by molar-refractivity contribution is 5.76. The zero-order valence-electron chi connectivity index (χ0n) is 17.4. The summed E-state index contributed by atoms with van der Waals surface area (Å²) in [6.45, 7) is 7.39. The van der Waals surface area contributed by atoms with Crippen molar-refractivity contribution in [3.05, 3.63) is 42.1 Å². The van der Waals surface area contributed by atoms with E-state index in [-0.39, 0.29) is 11.9 Å². The second kappa shape index (κ2) is 11.0. The molecule has 0 saturated heterocycles. The Kier molecular flexibility index (Phi) is 8.66. The van der Waals surface area contributed by atoms with Gasteiger partial charge in [-0.05, 0) is 30.5 Å². The molecule has 0 fully saturated rings. The predicted octanol–water partition coefficient (Wildman–Crippen LogP) is 3.22. The zero-order valence-corrected chi connectivity index (χ0v) is 17.4. The van der Waals surface area contributed by atoms with Gasteiger partial charge in [0.25, 0.3) is 0 Å². The lowest BCUT2D eigenvalue weighted by atomic mass is 10.1. The number of nitrogens with zero attached hydrogens (tertiary/aromatic N) is 3. The largest absolute Gasteiger partial charge is 0.490 e. The predicted molar refractivity (Wildman–Crippen MR) is 105 cm³/mol. The third kappa shape index (κ3) is 8.08. The number of carboxylic acids is 1. The molecule has 3 heterocycles. The summed E-state index contributed by atoms with van der Waals surface area (Å²) in [5.74, 6) is -1.26. The smallest absolute Gasteiger partial charge is 0.475 e. The number of carboxylic acid groups (broad SMARTS) is 1. The Hall–Kier alpha value is -2.82. The van der Waals surface area contributed by atoms with E-state index in [0.29, 0.717) is 18.9 Å². The van der Waals surface area contributed by atoms with Gasteiger partial charge in [-0.1, -0.05) is 13.8 Å². The standard InChI is InChI=1S/C18H26N4O2.C2HF3O2/c1-14(2)10-18(23)19-7-5-15-11-21(13-17-4-3-9-24-17)12-16-6-8-20-22(15)16;3-2(4,5)1(6)7/h3-4,6,8-9,14-15H,5,7,10-13H2,1-2H3,(H,19,23);(H,6,7). The molecule has 8 nitrogen and oxygen atoms in total. The number of alkyl halides is 3. The van der Waals surface area contributed by atoms with Crippen molar-refractivity contribution >= 4 is 11.9 Å². The molecule has 0 bridgehead atoms. The molecule has 1 unspecified atom stereocenters. The lowest BCUT2D eigenvalue weighted by molar-refractivity contribution is -0.192. The van der Waals surface area contributed by atoms with E-state index in [4.69, 9.17) is 14.3 Å². The van der Waals surface area contributed by atoms with Crippen LogP contribution >= 0.6 is 0 Å². The lowest BCUT2D eigenvalue weighted by Crippen LogP contribution is -2.39. The number of nitrogens with one attached hydrogen (secondary N) is 1. The van der Waals surface area contributed by atoms with Crippen molar-refractivity contribution in [2.75, 3.05) is 13.1 Å². The van der Waals surface area contributed by atoms with Gasteiger partial charge in [-0.25, -0.2) is 4.79 Å². The van der Waals surface area contributed by atoms with Gasteiger partial charge in [0.15, 0.2) is 0 Å². The van der Waals surface area contributed by atoms with Gasteiger partial charge in [0.1, 0.15) is 5.76 Å². The molecule has 1 atom stereocenters. The van der Waals surface area contributed by atoms with Gasteiger partial charge in [-0.2, -0.15) is 18.3 Å². The second-order valence-corrected chi connectivity index (χ2v) is 7.71. The first kappa shape index (κ1) is 24.4.